The highest BCUT2D eigenvalue weighted by molar-refractivity contribution is 5.98. The second kappa shape index (κ2) is 13.9. The van der Waals surface area contributed by atoms with Gasteiger partial charge in [0, 0.05) is 35.7 Å². The van der Waals surface area contributed by atoms with Crippen molar-refractivity contribution in [2.75, 3.05) is 18.5 Å². The largest absolute Gasteiger partial charge is 0.449 e. The van der Waals surface area contributed by atoms with Crippen LogP contribution in [0.3, 0.4) is 0 Å². The van der Waals surface area contributed by atoms with Crippen LogP contribution in [0.5, 0.6) is 0 Å². The van der Waals surface area contributed by atoms with Gasteiger partial charge in [-0.1, -0.05) is 48.5 Å². The first-order valence-corrected chi connectivity index (χ1v) is 15.4. The number of nitrogens with one attached hydrogen (secondary N) is 3. The third kappa shape index (κ3) is 7.93. The molecule has 0 saturated heterocycles. The minimum atomic E-state index is -0.933. The van der Waals surface area contributed by atoms with E-state index in [-0.39, 0.29) is 18.9 Å². The van der Waals surface area contributed by atoms with Crippen LogP contribution < -0.4 is 21.6 Å². The summed E-state index contributed by atoms with van der Waals surface area (Å²) in [6, 6.07) is 21.6. The third-order valence-corrected chi connectivity index (χ3v) is 7.76. The van der Waals surface area contributed by atoms with E-state index in [0.717, 1.165) is 33.2 Å². The van der Waals surface area contributed by atoms with Crippen LogP contribution in [0.15, 0.2) is 82.0 Å². The van der Waals surface area contributed by atoms with Gasteiger partial charge in [0.25, 0.3) is 0 Å². The second-order valence-corrected chi connectivity index (χ2v) is 12.4. The smallest absolute Gasteiger partial charge is 0.407 e. The van der Waals surface area contributed by atoms with E-state index in [0.29, 0.717) is 30.7 Å². The highest BCUT2D eigenvalue weighted by atomic mass is 16.6. The second-order valence-electron chi connectivity index (χ2n) is 12.4. The van der Waals surface area contributed by atoms with E-state index in [2.05, 4.69) is 28.1 Å². The standard InChI is InChI=1S/C36H39N3O7/c1-22-19-32(40)45-31-20-23(16-17-24(22)31)38-33(41)30(15-9-10-18-37-34(42)46-36(2,3)4)39-35(43)44-21-29-27-13-7-5-11-25(27)26-12-6-8-14-28(26)29/h5-8,11-14,16-17,19-20,29-30H,9-10,15,18,21H2,1-4H3,(H,37,42)(H,38,41)(H,39,43)/t30-/m0/s1. The molecule has 10 nitrogen and oxygen atoms in total. The molecule has 0 spiro atoms. The van der Waals surface area contributed by atoms with Crippen LogP contribution in [0, 0.1) is 6.92 Å². The van der Waals surface area contributed by atoms with Crippen molar-refractivity contribution >= 4 is 34.8 Å². The number of unbranched alkanes of at least 4 members (excludes halogenated alkanes) is 1. The lowest BCUT2D eigenvalue weighted by molar-refractivity contribution is -0.118. The number of hydrogen-bond acceptors (Lipinski definition) is 7. The predicted molar refractivity (Wildman–Crippen MR) is 176 cm³/mol. The zero-order valence-electron chi connectivity index (χ0n) is 26.5. The van der Waals surface area contributed by atoms with E-state index in [1.807, 2.05) is 43.3 Å². The Morgan fingerprint density at radius 2 is 1.57 bits per heavy atom. The molecule has 46 heavy (non-hydrogen) atoms. The van der Waals surface area contributed by atoms with Gasteiger partial charge in [-0.2, -0.15) is 0 Å². The molecule has 0 radical (unpaired) electrons. The molecule has 3 aromatic carbocycles. The average Bonchev–Trinajstić information content (AvgIpc) is 3.31. The summed E-state index contributed by atoms with van der Waals surface area (Å²) in [6.07, 6.45) is 0.123. The molecular formula is C36H39N3O7. The van der Waals surface area contributed by atoms with Gasteiger partial charge in [-0.05, 0) is 86.9 Å². The Hall–Kier alpha value is -5.12. The zero-order chi connectivity index (χ0) is 32.8. The first-order valence-electron chi connectivity index (χ1n) is 15.4. The van der Waals surface area contributed by atoms with E-state index in [1.165, 1.54) is 6.07 Å². The van der Waals surface area contributed by atoms with Crippen LogP contribution in [-0.2, 0) is 14.3 Å². The molecule has 3 amide bonds. The fourth-order valence-electron chi connectivity index (χ4n) is 5.66. The maximum atomic E-state index is 13.5. The Labute approximate surface area is 267 Å². The molecule has 1 atom stereocenters. The van der Waals surface area contributed by atoms with Crippen molar-refractivity contribution in [3.63, 3.8) is 0 Å². The van der Waals surface area contributed by atoms with Crippen molar-refractivity contribution in [2.45, 2.75) is 64.5 Å². The molecule has 240 valence electrons. The topological polar surface area (TPSA) is 136 Å². The van der Waals surface area contributed by atoms with E-state index >= 15 is 0 Å². The molecule has 0 unspecified atom stereocenters. The van der Waals surface area contributed by atoms with E-state index in [1.54, 1.807) is 39.0 Å². The van der Waals surface area contributed by atoms with Gasteiger partial charge in [-0.15, -0.1) is 0 Å². The fourth-order valence-corrected chi connectivity index (χ4v) is 5.66. The number of carbonyl (C=O) groups is 3. The number of carbonyl (C=O) groups excluding carboxylic acids is 3. The molecule has 0 aliphatic heterocycles. The number of anilines is 1. The number of rotatable bonds is 10. The Bertz CT molecular complexity index is 1760. The van der Waals surface area contributed by atoms with Crippen molar-refractivity contribution in [3.05, 3.63) is 99.9 Å². The average molecular weight is 626 g/mol. The summed E-state index contributed by atoms with van der Waals surface area (Å²) in [6.45, 7) is 7.62. The highest BCUT2D eigenvalue weighted by Gasteiger charge is 2.30. The highest BCUT2D eigenvalue weighted by Crippen LogP contribution is 2.44. The van der Waals surface area contributed by atoms with Gasteiger partial charge in [-0.25, -0.2) is 14.4 Å². The predicted octanol–water partition coefficient (Wildman–Crippen LogP) is 6.64. The van der Waals surface area contributed by atoms with Gasteiger partial charge >= 0.3 is 17.8 Å². The summed E-state index contributed by atoms with van der Waals surface area (Å²) in [5.74, 6) is -0.581. The molecule has 0 saturated carbocycles. The Balaban J connectivity index is 1.24. The molecule has 1 aromatic heterocycles. The summed E-state index contributed by atoms with van der Waals surface area (Å²) in [4.78, 5) is 50.5. The fraction of sp³-hybridized carbons (Fsp3) is 0.333. The van der Waals surface area contributed by atoms with Gasteiger partial charge in [-0.3, -0.25) is 4.79 Å². The van der Waals surface area contributed by atoms with Crippen molar-refractivity contribution in [1.82, 2.24) is 10.6 Å². The monoisotopic (exact) mass is 625 g/mol. The lowest BCUT2D eigenvalue weighted by Crippen LogP contribution is -2.44. The minimum Gasteiger partial charge on any atom is -0.449 e. The maximum absolute atomic E-state index is 13.5. The lowest BCUT2D eigenvalue weighted by Gasteiger charge is -2.21. The summed E-state index contributed by atoms with van der Waals surface area (Å²) in [5, 5.41) is 9.02. The Morgan fingerprint density at radius 1 is 0.891 bits per heavy atom. The van der Waals surface area contributed by atoms with Crippen LogP contribution in [0.25, 0.3) is 22.1 Å². The Morgan fingerprint density at radius 3 is 2.24 bits per heavy atom. The Kier molecular flexibility index (Phi) is 9.75. The number of fused-ring (bicyclic) bond motifs is 4. The van der Waals surface area contributed by atoms with Gasteiger partial charge in [0.2, 0.25) is 5.91 Å². The molecule has 1 aliphatic carbocycles. The van der Waals surface area contributed by atoms with E-state index in [9.17, 15) is 19.2 Å². The van der Waals surface area contributed by atoms with Crippen LogP contribution >= 0.6 is 0 Å². The molecule has 5 rings (SSSR count). The van der Waals surface area contributed by atoms with Gasteiger partial charge < -0.3 is 29.8 Å². The molecule has 1 heterocycles. The maximum Gasteiger partial charge on any atom is 0.407 e. The number of alkyl carbamates (subject to hydrolysis) is 2. The summed E-state index contributed by atoms with van der Waals surface area (Å²) < 4.78 is 16.3. The number of hydrogen-bond donors (Lipinski definition) is 3. The van der Waals surface area contributed by atoms with Crippen molar-refractivity contribution < 1.29 is 28.3 Å². The molecule has 1 aliphatic rings. The normalized spacial score (nSPS) is 13.0. The van der Waals surface area contributed by atoms with Crippen molar-refractivity contribution in [3.8, 4) is 11.1 Å². The van der Waals surface area contributed by atoms with E-state index < -0.39 is 35.4 Å². The first-order chi connectivity index (χ1) is 22.0. The van der Waals surface area contributed by atoms with Gasteiger partial charge in [0.1, 0.15) is 23.8 Å². The van der Waals surface area contributed by atoms with Crippen LogP contribution in [0.2, 0.25) is 0 Å². The van der Waals surface area contributed by atoms with E-state index in [4.69, 9.17) is 13.9 Å². The molecule has 0 fully saturated rings. The molecule has 3 N–H and O–H groups in total. The molecule has 0 bridgehead atoms. The number of benzene rings is 3. The van der Waals surface area contributed by atoms with Crippen LogP contribution in [0.4, 0.5) is 15.3 Å². The minimum absolute atomic E-state index is 0.108. The number of ether oxygens (including phenoxy) is 2. The lowest BCUT2D eigenvalue weighted by atomic mass is 9.98. The van der Waals surface area contributed by atoms with Crippen LogP contribution in [0.1, 0.15) is 62.6 Å². The quantitative estimate of drug-likeness (QED) is 0.133. The zero-order valence-corrected chi connectivity index (χ0v) is 26.5. The first kappa shape index (κ1) is 32.3. The number of aryl methyl sites for hydroxylation is 1. The summed E-state index contributed by atoms with van der Waals surface area (Å²) in [7, 11) is 0. The molecular weight excluding hydrogens is 586 g/mol. The molecule has 10 heteroatoms. The van der Waals surface area contributed by atoms with Crippen molar-refractivity contribution in [1.29, 1.82) is 0 Å². The summed E-state index contributed by atoms with van der Waals surface area (Å²) in [5.41, 5.74) is 4.83. The van der Waals surface area contributed by atoms with Crippen LogP contribution in [-0.4, -0.2) is 42.9 Å². The van der Waals surface area contributed by atoms with Gasteiger partial charge in [0.05, 0.1) is 0 Å². The summed E-state index contributed by atoms with van der Waals surface area (Å²) >= 11 is 0. The number of amides is 3. The SMILES string of the molecule is Cc1cc(=O)oc2cc(NC(=O)[C@H](CCCCNC(=O)OC(C)(C)C)NC(=O)OCC3c4ccccc4-c4ccccc43)ccc12. The molecule has 4 aromatic rings. The third-order valence-electron chi connectivity index (χ3n) is 7.76. The van der Waals surface area contributed by atoms with Gasteiger partial charge in [0.15, 0.2) is 0 Å². The van der Waals surface area contributed by atoms with Crippen molar-refractivity contribution in [2.24, 2.45) is 0 Å².